The van der Waals surface area contributed by atoms with E-state index in [4.69, 9.17) is 35.5 Å². The van der Waals surface area contributed by atoms with Gasteiger partial charge in [0.15, 0.2) is 29.7 Å². The summed E-state index contributed by atoms with van der Waals surface area (Å²) in [6.45, 7) is 5.62. The Labute approximate surface area is 229 Å². The summed E-state index contributed by atoms with van der Waals surface area (Å²) in [4.78, 5) is 40.2. The first-order valence-electron chi connectivity index (χ1n) is 12.5. The number of nitrogens with one attached hydrogen (secondary N) is 1. The standard InChI is InChI=1S/C26H33N7O7/c1-26(2,3)21-19(39-25(36)40-21)14-37-24(35)38-18-10-5-4-9-16(18)32-33-17-11-12-20(30-22(17)29)31-23(34)15(28)8-6-7-13-27/h4-5,9-12,15H,6-8,13-14,27-28H2,1-3H3,(H3,29,30,31,34)/b33-32+/t15-/m0/s1. The zero-order valence-corrected chi connectivity index (χ0v) is 22.5. The van der Waals surface area contributed by atoms with E-state index in [1.54, 1.807) is 18.2 Å². The highest BCUT2D eigenvalue weighted by molar-refractivity contribution is 5.94. The Morgan fingerprint density at radius 2 is 1.80 bits per heavy atom. The first-order chi connectivity index (χ1) is 19.0. The number of nitrogens with zero attached hydrogens (tertiary/aromatic N) is 3. The maximum absolute atomic E-state index is 12.3. The molecule has 0 aliphatic carbocycles. The van der Waals surface area contributed by atoms with E-state index in [0.29, 0.717) is 13.0 Å². The number of benzene rings is 1. The molecule has 0 unspecified atom stereocenters. The molecule has 2 aromatic heterocycles. The molecule has 0 bridgehead atoms. The van der Waals surface area contributed by atoms with Crippen molar-refractivity contribution in [3.05, 3.63) is 58.5 Å². The zero-order chi connectivity index (χ0) is 29.3. The molecule has 14 nitrogen and oxygen atoms in total. The molecule has 3 aromatic rings. The number of ether oxygens (including phenoxy) is 2. The number of amides is 1. The summed E-state index contributed by atoms with van der Waals surface area (Å²) < 4.78 is 20.4. The predicted octanol–water partition coefficient (Wildman–Crippen LogP) is 4.03. The van der Waals surface area contributed by atoms with Gasteiger partial charge in [-0.3, -0.25) is 4.79 Å². The molecule has 3 rings (SSSR count). The molecule has 0 spiro atoms. The van der Waals surface area contributed by atoms with Gasteiger partial charge in [0.1, 0.15) is 17.2 Å². The number of hydrogen-bond acceptors (Lipinski definition) is 13. The lowest BCUT2D eigenvalue weighted by molar-refractivity contribution is -0.117. The van der Waals surface area contributed by atoms with E-state index in [1.807, 2.05) is 20.8 Å². The van der Waals surface area contributed by atoms with Gasteiger partial charge in [0, 0.05) is 5.41 Å². The Kier molecular flexibility index (Phi) is 10.1. The lowest BCUT2D eigenvalue weighted by Gasteiger charge is -2.14. The van der Waals surface area contributed by atoms with Gasteiger partial charge in [0.05, 0.1) is 6.04 Å². The smallest absolute Gasteiger partial charge is 0.426 e. The molecule has 14 heteroatoms. The topological polar surface area (TPSA) is 224 Å². The highest BCUT2D eigenvalue weighted by atomic mass is 16.7. The minimum absolute atomic E-state index is 0.00678. The molecule has 0 radical (unpaired) electrons. The third-order valence-corrected chi connectivity index (χ3v) is 5.43. The first-order valence-corrected chi connectivity index (χ1v) is 12.5. The molecule has 7 N–H and O–H groups in total. The minimum atomic E-state index is -1.06. The Bertz CT molecular complexity index is 1410. The van der Waals surface area contributed by atoms with Crippen molar-refractivity contribution in [3.63, 3.8) is 0 Å². The van der Waals surface area contributed by atoms with Gasteiger partial charge in [-0.2, -0.15) is 0 Å². The van der Waals surface area contributed by atoms with Crippen LogP contribution in [0.15, 0.2) is 60.3 Å². The summed E-state index contributed by atoms with van der Waals surface area (Å²) in [5.41, 5.74) is 17.2. The van der Waals surface area contributed by atoms with Crippen LogP contribution >= 0.6 is 0 Å². The van der Waals surface area contributed by atoms with Gasteiger partial charge in [-0.1, -0.05) is 39.3 Å². The summed E-state index contributed by atoms with van der Waals surface area (Å²) in [5, 5.41) is 10.8. The van der Waals surface area contributed by atoms with Crippen LogP contribution in [0.1, 0.15) is 51.6 Å². The van der Waals surface area contributed by atoms with Crippen LogP contribution in [-0.4, -0.2) is 29.6 Å². The highest BCUT2D eigenvalue weighted by Gasteiger charge is 2.27. The Hall–Kier alpha value is -4.56. The summed E-state index contributed by atoms with van der Waals surface area (Å²) in [6.07, 6.45) is 0.958. The largest absolute Gasteiger partial charge is 0.519 e. The molecule has 40 heavy (non-hydrogen) atoms. The summed E-state index contributed by atoms with van der Waals surface area (Å²) in [7, 11) is 0. The van der Waals surface area contributed by atoms with Crippen LogP contribution in [0.2, 0.25) is 0 Å². The number of nitrogens with two attached hydrogens (primary N) is 3. The van der Waals surface area contributed by atoms with Crippen LogP contribution in [0, 0.1) is 0 Å². The van der Waals surface area contributed by atoms with Crippen molar-refractivity contribution >= 4 is 35.1 Å². The van der Waals surface area contributed by atoms with Gasteiger partial charge in [-0.05, 0) is 43.7 Å². The van der Waals surface area contributed by atoms with Gasteiger partial charge < -0.3 is 40.8 Å². The van der Waals surface area contributed by atoms with Gasteiger partial charge in [-0.25, -0.2) is 14.6 Å². The number of pyridine rings is 1. The van der Waals surface area contributed by atoms with Crippen molar-refractivity contribution in [1.82, 2.24) is 4.98 Å². The molecule has 1 amide bonds. The van der Waals surface area contributed by atoms with Crippen LogP contribution in [0.5, 0.6) is 5.75 Å². The van der Waals surface area contributed by atoms with E-state index in [9.17, 15) is 14.4 Å². The normalized spacial score (nSPS) is 12.3. The van der Waals surface area contributed by atoms with Crippen LogP contribution < -0.4 is 33.1 Å². The number of nitrogen functional groups attached to an aromatic ring is 1. The van der Waals surface area contributed by atoms with Crippen molar-refractivity contribution in [2.45, 2.75) is 58.1 Å². The summed E-state index contributed by atoms with van der Waals surface area (Å²) in [5.74, 6) is -0.660. The quantitative estimate of drug-likeness (QED) is 0.114. The fourth-order valence-corrected chi connectivity index (χ4v) is 3.43. The van der Waals surface area contributed by atoms with E-state index in [1.165, 1.54) is 18.2 Å². The maximum Gasteiger partial charge on any atom is 0.519 e. The van der Waals surface area contributed by atoms with Crippen LogP contribution in [0.4, 0.5) is 27.8 Å². The van der Waals surface area contributed by atoms with E-state index in [2.05, 4.69) is 20.5 Å². The van der Waals surface area contributed by atoms with Gasteiger partial charge in [0.25, 0.3) is 0 Å². The Balaban J connectivity index is 1.63. The molecular weight excluding hydrogens is 522 g/mol. The lowest BCUT2D eigenvalue weighted by atomic mass is 9.92. The van der Waals surface area contributed by atoms with E-state index in [-0.39, 0.29) is 52.8 Å². The second kappa shape index (κ2) is 13.5. The number of anilines is 2. The van der Waals surface area contributed by atoms with Crippen molar-refractivity contribution in [3.8, 4) is 5.75 Å². The van der Waals surface area contributed by atoms with E-state index in [0.717, 1.165) is 12.8 Å². The fraction of sp³-hybridized carbons (Fsp3) is 0.385. The van der Waals surface area contributed by atoms with Gasteiger partial charge in [0.2, 0.25) is 5.91 Å². The monoisotopic (exact) mass is 555 g/mol. The molecule has 1 aromatic carbocycles. The molecule has 2 heterocycles. The molecular formula is C26H33N7O7. The number of rotatable bonds is 11. The number of carbonyl (C=O) groups is 2. The van der Waals surface area contributed by atoms with Crippen LogP contribution in [0.25, 0.3) is 0 Å². The third kappa shape index (κ3) is 8.47. The average molecular weight is 556 g/mol. The molecule has 0 fully saturated rings. The third-order valence-electron chi connectivity index (χ3n) is 5.43. The van der Waals surface area contributed by atoms with Gasteiger partial charge in [-0.15, -0.1) is 10.2 Å². The van der Waals surface area contributed by atoms with E-state index >= 15 is 0 Å². The molecule has 214 valence electrons. The summed E-state index contributed by atoms with van der Waals surface area (Å²) in [6, 6.07) is 8.67. The summed E-state index contributed by atoms with van der Waals surface area (Å²) >= 11 is 0. The first kappa shape index (κ1) is 30.0. The molecule has 1 atom stereocenters. The fourth-order valence-electron chi connectivity index (χ4n) is 3.43. The number of carbonyl (C=O) groups excluding carboxylic acids is 2. The van der Waals surface area contributed by atoms with Crippen LogP contribution in [-0.2, 0) is 21.6 Å². The molecule has 0 aliphatic rings. The zero-order valence-electron chi connectivity index (χ0n) is 22.5. The maximum atomic E-state index is 12.3. The Morgan fingerprint density at radius 3 is 2.50 bits per heavy atom. The minimum Gasteiger partial charge on any atom is -0.426 e. The molecule has 0 saturated carbocycles. The second-order valence-electron chi connectivity index (χ2n) is 9.75. The molecule has 0 saturated heterocycles. The highest BCUT2D eigenvalue weighted by Crippen LogP contribution is 2.31. The molecule has 0 aliphatic heterocycles. The number of unbranched alkanes of at least 4 members (excludes halogenated alkanes) is 1. The SMILES string of the molecule is CC(C)(C)c1oc(=O)oc1COC(=O)Oc1ccccc1/N=N/c1ccc(NC(=O)[C@@H](N)CCCCN)nc1N. The number of hydrogen-bond donors (Lipinski definition) is 4. The van der Waals surface area contributed by atoms with Crippen molar-refractivity contribution in [1.29, 1.82) is 0 Å². The number of para-hydroxylation sites is 1. The van der Waals surface area contributed by atoms with E-state index < -0.39 is 23.4 Å². The number of azo groups is 1. The van der Waals surface area contributed by atoms with Gasteiger partial charge >= 0.3 is 12.0 Å². The number of aromatic nitrogens is 1. The van der Waals surface area contributed by atoms with Crippen LogP contribution in [0.3, 0.4) is 0 Å². The van der Waals surface area contributed by atoms with Crippen molar-refractivity contribution < 1.29 is 27.9 Å². The average Bonchev–Trinajstić information content (AvgIpc) is 3.29. The Morgan fingerprint density at radius 1 is 1.07 bits per heavy atom. The van der Waals surface area contributed by atoms with Crippen molar-refractivity contribution in [2.24, 2.45) is 21.7 Å². The predicted molar refractivity (Wildman–Crippen MR) is 146 cm³/mol. The van der Waals surface area contributed by atoms with Crippen molar-refractivity contribution in [2.75, 3.05) is 17.6 Å². The second-order valence-corrected chi connectivity index (χ2v) is 9.75. The lowest BCUT2D eigenvalue weighted by Crippen LogP contribution is -2.35.